The lowest BCUT2D eigenvalue weighted by Gasteiger charge is -2.44. The van der Waals surface area contributed by atoms with Crippen LogP contribution < -0.4 is 27.0 Å². The SMILES string of the molecule is Fc1c(F)c(F)c([B-](c2ccc([Si](Cl)(Cl)Cl)cc2)(c2c(F)c(F)c(F)c(F)c2F)c2c(F)c(F)c(F)c(F)c2F)c(F)c1F. The highest BCUT2D eigenvalue weighted by molar-refractivity contribution is 7.69. The Morgan fingerprint density at radius 1 is 0.341 bits per heavy atom. The zero-order chi connectivity index (χ0) is 33.4. The van der Waals surface area contributed by atoms with Crippen LogP contribution in [0, 0.1) is 87.3 Å². The minimum atomic E-state index is -5.89. The van der Waals surface area contributed by atoms with Gasteiger partial charge in [0.15, 0.2) is 52.4 Å². The van der Waals surface area contributed by atoms with Crippen LogP contribution in [0.15, 0.2) is 24.3 Å². The molecule has 0 aliphatic carbocycles. The van der Waals surface area contributed by atoms with Gasteiger partial charge in [0, 0.05) is 0 Å². The fraction of sp³-hybridized carbons (Fsp3) is 0. The molecule has 4 aromatic rings. The Morgan fingerprint density at radius 3 is 0.750 bits per heavy atom. The molecule has 0 spiro atoms. The maximum absolute atomic E-state index is 15.5. The van der Waals surface area contributed by atoms with E-state index in [1.807, 2.05) is 0 Å². The van der Waals surface area contributed by atoms with E-state index >= 15 is 26.3 Å². The average Bonchev–Trinajstić information content (AvgIpc) is 2.98. The summed E-state index contributed by atoms with van der Waals surface area (Å²) in [6, 6.07) is -2.37. The van der Waals surface area contributed by atoms with Gasteiger partial charge >= 0.3 is 6.00 Å². The Labute approximate surface area is 249 Å². The molecule has 234 valence electrons. The molecule has 0 fully saturated rings. The molecule has 0 amide bonds. The van der Waals surface area contributed by atoms with Crippen LogP contribution in [0.25, 0.3) is 0 Å². The molecule has 0 atom stereocenters. The van der Waals surface area contributed by atoms with Crippen LogP contribution in [0.2, 0.25) is 0 Å². The summed E-state index contributed by atoms with van der Waals surface area (Å²) in [5.41, 5.74) is -9.81. The van der Waals surface area contributed by atoms with Gasteiger partial charge in [0.2, 0.25) is 0 Å². The second kappa shape index (κ2) is 11.4. The average molecular weight is 723 g/mol. The summed E-state index contributed by atoms with van der Waals surface area (Å²) < 4.78 is 223. The van der Waals surface area contributed by atoms with Gasteiger partial charge in [-0.3, -0.25) is 0 Å². The van der Waals surface area contributed by atoms with E-state index in [0.717, 1.165) is 0 Å². The van der Waals surface area contributed by atoms with E-state index in [9.17, 15) is 39.5 Å². The van der Waals surface area contributed by atoms with Crippen LogP contribution in [-0.4, -0.2) is 12.1 Å². The Hall–Kier alpha value is -3.02. The lowest BCUT2D eigenvalue weighted by atomic mass is 9.12. The van der Waals surface area contributed by atoms with Crippen molar-refractivity contribution in [2.75, 3.05) is 0 Å². The molecular formula is C24H4BCl3F15Si-. The van der Waals surface area contributed by atoms with Gasteiger partial charge in [-0.2, -0.15) is 5.46 Å². The first-order valence-electron chi connectivity index (χ1n) is 11.1. The van der Waals surface area contributed by atoms with Crippen LogP contribution in [-0.2, 0) is 0 Å². The molecule has 0 saturated carbocycles. The third-order valence-electron chi connectivity index (χ3n) is 6.77. The lowest BCUT2D eigenvalue weighted by Crippen LogP contribution is -2.79. The molecule has 0 bridgehead atoms. The Kier molecular flexibility index (Phi) is 8.78. The number of rotatable bonds is 5. The van der Waals surface area contributed by atoms with Crippen molar-refractivity contribution in [2.24, 2.45) is 0 Å². The van der Waals surface area contributed by atoms with Crippen molar-refractivity contribution in [3.05, 3.63) is 112 Å². The van der Waals surface area contributed by atoms with Crippen molar-refractivity contribution in [1.29, 1.82) is 0 Å². The van der Waals surface area contributed by atoms with Gasteiger partial charge in [0.1, 0.15) is 41.0 Å². The topological polar surface area (TPSA) is 0 Å². The van der Waals surface area contributed by atoms with Gasteiger partial charge in [0.05, 0.1) is 0 Å². The Bertz CT molecular complexity index is 1610. The van der Waals surface area contributed by atoms with Gasteiger partial charge < -0.3 is 0 Å². The second-order valence-corrected chi connectivity index (χ2v) is 17.4. The van der Waals surface area contributed by atoms with Crippen LogP contribution in [0.3, 0.4) is 0 Å². The fourth-order valence-corrected chi connectivity index (χ4v) is 6.58. The first-order chi connectivity index (χ1) is 20.2. The van der Waals surface area contributed by atoms with Crippen LogP contribution in [0.5, 0.6) is 0 Å². The van der Waals surface area contributed by atoms with Crippen molar-refractivity contribution in [2.45, 2.75) is 0 Å². The van der Waals surface area contributed by atoms with E-state index in [1.54, 1.807) is 0 Å². The molecule has 0 aliphatic rings. The zero-order valence-electron chi connectivity index (χ0n) is 20.2. The first-order valence-corrected chi connectivity index (χ1v) is 16.2. The molecule has 0 aromatic heterocycles. The Morgan fingerprint density at radius 2 is 0.545 bits per heavy atom. The zero-order valence-corrected chi connectivity index (χ0v) is 23.5. The maximum atomic E-state index is 15.5. The number of hydrogen-bond donors (Lipinski definition) is 0. The first kappa shape index (κ1) is 33.9. The van der Waals surface area contributed by atoms with Gasteiger partial charge in [-0.1, -0.05) is 24.3 Å². The molecule has 0 unspecified atom stereocenters. The van der Waals surface area contributed by atoms with Gasteiger partial charge in [0.25, 0.3) is 0 Å². The van der Waals surface area contributed by atoms with E-state index < -0.39 is 121 Å². The smallest absolute Gasteiger partial charge is 0.207 e. The van der Waals surface area contributed by atoms with Crippen LogP contribution in [0.4, 0.5) is 65.9 Å². The monoisotopic (exact) mass is 721 g/mol. The van der Waals surface area contributed by atoms with Gasteiger partial charge in [-0.15, -0.1) is 49.6 Å². The molecule has 0 radical (unpaired) electrons. The van der Waals surface area contributed by atoms with E-state index in [2.05, 4.69) is 0 Å². The molecule has 4 aromatic carbocycles. The highest BCUT2D eigenvalue weighted by Gasteiger charge is 2.49. The largest absolute Gasteiger partial charge is 0.372 e. The van der Waals surface area contributed by atoms with E-state index in [1.165, 1.54) is 0 Å². The Balaban J connectivity index is 2.53. The van der Waals surface area contributed by atoms with Crippen molar-refractivity contribution in [3.63, 3.8) is 0 Å². The van der Waals surface area contributed by atoms with Crippen molar-refractivity contribution in [3.8, 4) is 0 Å². The van der Waals surface area contributed by atoms with Crippen LogP contribution >= 0.6 is 33.2 Å². The van der Waals surface area contributed by atoms with Crippen molar-refractivity contribution < 1.29 is 65.9 Å². The number of hydrogen-bond acceptors (Lipinski definition) is 0. The highest BCUT2D eigenvalue weighted by atomic mass is 35.8. The molecule has 0 nitrogen and oxygen atoms in total. The quantitative estimate of drug-likeness (QED) is 0.0779. The molecule has 4 rings (SSSR count). The van der Waals surface area contributed by atoms with E-state index in [4.69, 9.17) is 33.2 Å². The second-order valence-electron chi connectivity index (χ2n) is 8.94. The molecular weight excluding hydrogens is 718 g/mol. The molecule has 0 heterocycles. The highest BCUT2D eigenvalue weighted by Crippen LogP contribution is 2.28. The van der Waals surface area contributed by atoms with Crippen molar-refractivity contribution >= 4 is 72.4 Å². The summed E-state index contributed by atoms with van der Waals surface area (Å²) in [5, 5.41) is -0.372. The number of benzene rings is 4. The standard InChI is InChI=1S/C24H4BCl3F15Si/c26-44(27,28)6-3-1-5(2-4-6)25(7-10(29)16(35)22(41)17(36)11(7)30,8-12(31)18(37)23(42)19(38)13(8)32)9-14(33)20(39)24(43)21(40)15(9)34/h1-4H/q-1. The van der Waals surface area contributed by atoms with Crippen LogP contribution in [0.1, 0.15) is 0 Å². The molecule has 0 aliphatic heterocycles. The maximum Gasteiger partial charge on any atom is 0.372 e. The molecule has 20 heteroatoms. The normalized spacial score (nSPS) is 12.3. The summed E-state index contributed by atoms with van der Waals surface area (Å²) in [4.78, 5) is 0. The predicted octanol–water partition coefficient (Wildman–Crippen LogP) is 6.01. The molecule has 0 N–H and O–H groups in total. The third-order valence-corrected chi connectivity index (χ3v) is 9.72. The molecule has 0 saturated heterocycles. The summed E-state index contributed by atoms with van der Waals surface area (Å²) in [7, 11) is 0. The fourth-order valence-electron chi connectivity index (χ4n) is 4.90. The predicted molar refractivity (Wildman–Crippen MR) is 132 cm³/mol. The summed E-state index contributed by atoms with van der Waals surface area (Å²) in [6.07, 6.45) is -5.89. The summed E-state index contributed by atoms with van der Waals surface area (Å²) in [6.45, 7) is 0. The van der Waals surface area contributed by atoms with E-state index in [0.29, 0.717) is 12.1 Å². The third kappa shape index (κ3) is 4.73. The minimum Gasteiger partial charge on any atom is -0.207 e. The summed E-state index contributed by atoms with van der Waals surface area (Å²) >= 11 is 17.4. The lowest BCUT2D eigenvalue weighted by molar-refractivity contribution is 0.380. The molecule has 44 heavy (non-hydrogen) atoms. The van der Waals surface area contributed by atoms with Gasteiger partial charge in [-0.05, 0) is 5.19 Å². The van der Waals surface area contributed by atoms with E-state index in [-0.39, 0.29) is 17.3 Å². The minimum absolute atomic E-state index is 0.262. The number of halogens is 18. The van der Waals surface area contributed by atoms with Gasteiger partial charge in [-0.25, -0.2) is 65.9 Å². The van der Waals surface area contributed by atoms with Crippen molar-refractivity contribution in [1.82, 2.24) is 0 Å². The summed E-state index contributed by atoms with van der Waals surface area (Å²) in [5.74, 6) is -46.3.